The van der Waals surface area contributed by atoms with Crippen LogP contribution in [0.3, 0.4) is 0 Å². The van der Waals surface area contributed by atoms with Crippen molar-refractivity contribution in [2.24, 2.45) is 0 Å². The normalized spacial score (nSPS) is 13.8. The molecular weight excluding hydrogens is 422 g/mol. The molecule has 0 saturated carbocycles. The van der Waals surface area contributed by atoms with Gasteiger partial charge in [0.15, 0.2) is 11.5 Å². The predicted molar refractivity (Wildman–Crippen MR) is 123 cm³/mol. The van der Waals surface area contributed by atoms with E-state index in [9.17, 15) is 4.79 Å². The molecule has 2 aromatic carbocycles. The maximum Gasteiger partial charge on any atom is 0.227 e. The third kappa shape index (κ3) is 5.83. The lowest BCUT2D eigenvalue weighted by Crippen LogP contribution is -2.28. The summed E-state index contributed by atoms with van der Waals surface area (Å²) >= 11 is 0. The second kappa shape index (κ2) is 9.94. The summed E-state index contributed by atoms with van der Waals surface area (Å²) in [5.74, 6) is 3.11. The Hall–Kier alpha value is -3.55. The number of carbonyl (C=O) groups excluding carboxylic acids is 1. The van der Waals surface area contributed by atoms with Gasteiger partial charge in [-0.25, -0.2) is 0 Å². The van der Waals surface area contributed by atoms with Crippen molar-refractivity contribution in [2.45, 2.75) is 45.6 Å². The zero-order valence-electron chi connectivity index (χ0n) is 19.2. The van der Waals surface area contributed by atoms with Crippen LogP contribution in [-0.2, 0) is 17.6 Å². The number of amides is 1. The zero-order valence-corrected chi connectivity index (χ0v) is 19.2. The van der Waals surface area contributed by atoms with Crippen molar-refractivity contribution < 1.29 is 23.5 Å². The Morgan fingerprint density at radius 3 is 2.76 bits per heavy atom. The quantitative estimate of drug-likeness (QED) is 0.466. The molecule has 174 valence electrons. The SMILES string of the molecule is CCOc1ccc(-c2noc(CCC(=O)NCCOc3cccc4c3OC(C)(C)C4)n2)cc1. The largest absolute Gasteiger partial charge is 0.494 e. The molecule has 0 atom stereocenters. The summed E-state index contributed by atoms with van der Waals surface area (Å²) in [7, 11) is 0. The lowest BCUT2D eigenvalue weighted by molar-refractivity contribution is -0.121. The molecule has 3 aromatic rings. The summed E-state index contributed by atoms with van der Waals surface area (Å²) < 4.78 is 22.6. The van der Waals surface area contributed by atoms with Gasteiger partial charge in [0, 0.05) is 30.4 Å². The Kier molecular flexibility index (Phi) is 6.82. The minimum Gasteiger partial charge on any atom is -0.494 e. The van der Waals surface area contributed by atoms with E-state index in [-0.39, 0.29) is 17.9 Å². The Labute approximate surface area is 193 Å². The molecule has 1 aliphatic rings. The zero-order chi connectivity index (χ0) is 23.3. The van der Waals surface area contributed by atoms with E-state index in [0.29, 0.717) is 43.6 Å². The number of aryl methyl sites for hydroxylation is 1. The fourth-order valence-corrected chi connectivity index (χ4v) is 3.70. The number of hydrogen-bond acceptors (Lipinski definition) is 7. The van der Waals surface area contributed by atoms with Crippen molar-refractivity contribution in [1.82, 2.24) is 15.5 Å². The highest BCUT2D eigenvalue weighted by molar-refractivity contribution is 5.76. The number of nitrogens with zero attached hydrogens (tertiary/aromatic N) is 2. The van der Waals surface area contributed by atoms with Gasteiger partial charge >= 0.3 is 0 Å². The van der Waals surface area contributed by atoms with Crippen LogP contribution in [0, 0.1) is 0 Å². The molecule has 0 radical (unpaired) electrons. The molecule has 2 heterocycles. The van der Waals surface area contributed by atoms with Gasteiger partial charge in [0.05, 0.1) is 13.2 Å². The van der Waals surface area contributed by atoms with Gasteiger partial charge in [0.1, 0.15) is 18.0 Å². The van der Waals surface area contributed by atoms with E-state index in [1.807, 2.05) is 43.3 Å². The average Bonchev–Trinajstić information content (AvgIpc) is 3.39. The Bertz CT molecular complexity index is 1090. The molecule has 8 nitrogen and oxygen atoms in total. The van der Waals surface area contributed by atoms with Crippen LogP contribution in [0.1, 0.15) is 38.6 Å². The second-order valence-corrected chi connectivity index (χ2v) is 8.45. The van der Waals surface area contributed by atoms with Gasteiger partial charge in [-0.3, -0.25) is 4.79 Å². The summed E-state index contributed by atoms with van der Waals surface area (Å²) in [6.45, 7) is 7.41. The number of fused-ring (bicyclic) bond motifs is 1. The first-order chi connectivity index (χ1) is 15.9. The van der Waals surface area contributed by atoms with Crippen LogP contribution in [0.5, 0.6) is 17.2 Å². The molecule has 1 aromatic heterocycles. The topological polar surface area (TPSA) is 95.7 Å². The number of carbonyl (C=O) groups is 1. The smallest absolute Gasteiger partial charge is 0.227 e. The first-order valence-corrected chi connectivity index (χ1v) is 11.2. The van der Waals surface area contributed by atoms with Crippen molar-refractivity contribution in [3.8, 4) is 28.6 Å². The molecule has 1 N–H and O–H groups in total. The monoisotopic (exact) mass is 451 g/mol. The number of nitrogens with one attached hydrogen (secondary N) is 1. The molecule has 4 rings (SSSR count). The average molecular weight is 452 g/mol. The van der Waals surface area contributed by atoms with Crippen molar-refractivity contribution >= 4 is 5.91 Å². The van der Waals surface area contributed by atoms with Gasteiger partial charge < -0.3 is 24.1 Å². The molecule has 0 spiro atoms. The highest BCUT2D eigenvalue weighted by Crippen LogP contribution is 2.41. The van der Waals surface area contributed by atoms with Gasteiger partial charge in [-0.05, 0) is 51.1 Å². The molecular formula is C25H29N3O5. The summed E-state index contributed by atoms with van der Waals surface area (Å²) in [5, 5.41) is 6.85. The Morgan fingerprint density at radius 1 is 1.15 bits per heavy atom. The Morgan fingerprint density at radius 2 is 1.97 bits per heavy atom. The van der Waals surface area contributed by atoms with Crippen LogP contribution in [-0.4, -0.2) is 41.4 Å². The lowest BCUT2D eigenvalue weighted by atomic mass is 10.0. The molecule has 0 saturated heterocycles. The van der Waals surface area contributed by atoms with E-state index in [2.05, 4.69) is 35.4 Å². The van der Waals surface area contributed by atoms with E-state index in [0.717, 1.165) is 29.0 Å². The Balaban J connectivity index is 1.19. The predicted octanol–water partition coefficient (Wildman–Crippen LogP) is 3.98. The molecule has 0 aliphatic carbocycles. The molecule has 8 heteroatoms. The van der Waals surface area contributed by atoms with Crippen LogP contribution in [0.4, 0.5) is 0 Å². The second-order valence-electron chi connectivity index (χ2n) is 8.45. The molecule has 0 fully saturated rings. The maximum absolute atomic E-state index is 12.2. The molecule has 0 unspecified atom stereocenters. The lowest BCUT2D eigenvalue weighted by Gasteiger charge is -2.18. The van der Waals surface area contributed by atoms with E-state index in [1.165, 1.54) is 0 Å². The van der Waals surface area contributed by atoms with Gasteiger partial charge in [-0.2, -0.15) is 4.98 Å². The first-order valence-electron chi connectivity index (χ1n) is 11.2. The third-order valence-corrected chi connectivity index (χ3v) is 5.19. The van der Waals surface area contributed by atoms with E-state index < -0.39 is 0 Å². The fraction of sp³-hybridized carbons (Fsp3) is 0.400. The molecule has 33 heavy (non-hydrogen) atoms. The van der Waals surface area contributed by atoms with Crippen molar-refractivity contribution in [2.75, 3.05) is 19.8 Å². The molecule has 0 bridgehead atoms. The number of rotatable bonds is 10. The van der Waals surface area contributed by atoms with Gasteiger partial charge in [-0.1, -0.05) is 17.3 Å². The molecule has 1 amide bonds. The van der Waals surface area contributed by atoms with E-state index >= 15 is 0 Å². The minimum absolute atomic E-state index is 0.102. The fourth-order valence-electron chi connectivity index (χ4n) is 3.70. The van der Waals surface area contributed by atoms with Gasteiger partial charge in [0.2, 0.25) is 17.6 Å². The summed E-state index contributed by atoms with van der Waals surface area (Å²) in [6.07, 6.45) is 1.47. The summed E-state index contributed by atoms with van der Waals surface area (Å²) in [6, 6.07) is 13.4. The highest BCUT2D eigenvalue weighted by Gasteiger charge is 2.32. The standard InChI is InChI=1S/C25H29N3O5/c1-4-30-19-10-8-17(9-11-19)24-27-22(33-28-24)13-12-21(29)26-14-15-31-20-7-5-6-18-16-25(2,3)32-23(18)20/h5-11H,4,12-16H2,1-3H3,(H,26,29). The van der Waals surface area contributed by atoms with Crippen LogP contribution >= 0.6 is 0 Å². The van der Waals surface area contributed by atoms with Crippen molar-refractivity contribution in [3.05, 3.63) is 53.9 Å². The minimum atomic E-state index is -0.225. The highest BCUT2D eigenvalue weighted by atomic mass is 16.5. The van der Waals surface area contributed by atoms with E-state index in [4.69, 9.17) is 18.7 Å². The van der Waals surface area contributed by atoms with Gasteiger partial charge in [0.25, 0.3) is 0 Å². The first kappa shape index (κ1) is 22.6. The van der Waals surface area contributed by atoms with Crippen molar-refractivity contribution in [3.63, 3.8) is 0 Å². The molecule has 1 aliphatic heterocycles. The van der Waals surface area contributed by atoms with Crippen molar-refractivity contribution in [1.29, 1.82) is 0 Å². The van der Waals surface area contributed by atoms with Crippen LogP contribution in [0.2, 0.25) is 0 Å². The van der Waals surface area contributed by atoms with Crippen LogP contribution in [0.25, 0.3) is 11.4 Å². The van der Waals surface area contributed by atoms with Gasteiger partial charge in [-0.15, -0.1) is 0 Å². The number of benzene rings is 2. The van der Waals surface area contributed by atoms with Crippen LogP contribution in [0.15, 0.2) is 47.0 Å². The summed E-state index contributed by atoms with van der Waals surface area (Å²) in [5.41, 5.74) is 1.75. The summed E-state index contributed by atoms with van der Waals surface area (Å²) in [4.78, 5) is 16.6. The third-order valence-electron chi connectivity index (χ3n) is 5.19. The number of aromatic nitrogens is 2. The van der Waals surface area contributed by atoms with Crippen LogP contribution < -0.4 is 19.5 Å². The maximum atomic E-state index is 12.2. The number of hydrogen-bond donors (Lipinski definition) is 1. The van der Waals surface area contributed by atoms with E-state index in [1.54, 1.807) is 0 Å². The number of ether oxygens (including phenoxy) is 3. The number of para-hydroxylation sites is 1.